The van der Waals surface area contributed by atoms with Gasteiger partial charge >= 0.3 is 0 Å². The minimum Gasteiger partial charge on any atom is -0.397 e. The number of rotatable bonds is 1. The summed E-state index contributed by atoms with van der Waals surface area (Å²) < 4.78 is 0. The zero-order valence-corrected chi connectivity index (χ0v) is 11.7. The number of nitrogens with zero attached hydrogens (tertiary/aromatic N) is 1. The van der Waals surface area contributed by atoms with Crippen molar-refractivity contribution < 1.29 is 0 Å². The molecule has 0 bridgehead atoms. The first-order valence-electron chi connectivity index (χ1n) is 5.76. The molecule has 1 heterocycles. The van der Waals surface area contributed by atoms with E-state index in [4.69, 9.17) is 28.9 Å². The standard InChI is InChI=1S/C14H11Cl2N3/c1-7-4-8(15)2-3-10(7)14-18-12-6-9(16)5-11(17)13(12)19-14/h2-6H,17H2,1H3,(H,18,19). The van der Waals surface area contributed by atoms with Crippen molar-refractivity contribution in [1.29, 1.82) is 0 Å². The van der Waals surface area contributed by atoms with Crippen LogP contribution in [0.2, 0.25) is 10.0 Å². The molecule has 0 saturated carbocycles. The summed E-state index contributed by atoms with van der Waals surface area (Å²) in [6.07, 6.45) is 0. The van der Waals surface area contributed by atoms with E-state index in [1.807, 2.05) is 31.2 Å². The summed E-state index contributed by atoms with van der Waals surface area (Å²) in [6, 6.07) is 9.19. The number of fused-ring (bicyclic) bond motifs is 1. The summed E-state index contributed by atoms with van der Waals surface area (Å²) in [7, 11) is 0. The highest BCUT2D eigenvalue weighted by molar-refractivity contribution is 6.31. The Kier molecular flexibility index (Phi) is 2.88. The lowest BCUT2D eigenvalue weighted by atomic mass is 10.1. The highest BCUT2D eigenvalue weighted by atomic mass is 35.5. The van der Waals surface area contributed by atoms with Crippen LogP contribution < -0.4 is 5.73 Å². The fraction of sp³-hybridized carbons (Fsp3) is 0.0714. The molecule has 0 fully saturated rings. The van der Waals surface area contributed by atoms with E-state index in [-0.39, 0.29) is 0 Å². The molecule has 0 spiro atoms. The number of aromatic amines is 1. The van der Waals surface area contributed by atoms with Crippen LogP contribution in [0.3, 0.4) is 0 Å². The molecule has 0 aliphatic carbocycles. The number of hydrogen-bond donors (Lipinski definition) is 2. The van der Waals surface area contributed by atoms with Crippen molar-refractivity contribution in [2.24, 2.45) is 0 Å². The number of benzene rings is 2. The molecule has 0 radical (unpaired) electrons. The average Bonchev–Trinajstić information content (AvgIpc) is 2.72. The van der Waals surface area contributed by atoms with Crippen LogP contribution in [0.25, 0.3) is 22.4 Å². The summed E-state index contributed by atoms with van der Waals surface area (Å²) in [5, 5.41) is 1.30. The van der Waals surface area contributed by atoms with Gasteiger partial charge in [0.05, 0.1) is 11.2 Å². The van der Waals surface area contributed by atoms with E-state index < -0.39 is 0 Å². The number of imidazole rings is 1. The highest BCUT2D eigenvalue weighted by Gasteiger charge is 2.10. The minimum atomic E-state index is 0.566. The third-order valence-corrected chi connectivity index (χ3v) is 3.48. The van der Waals surface area contributed by atoms with Crippen molar-refractivity contribution in [1.82, 2.24) is 9.97 Å². The number of nitrogens with one attached hydrogen (secondary N) is 1. The first-order chi connectivity index (χ1) is 9.04. The normalized spacial score (nSPS) is 11.1. The molecule has 2 aromatic carbocycles. The molecule has 0 atom stereocenters. The van der Waals surface area contributed by atoms with Crippen LogP contribution in [0.4, 0.5) is 5.69 Å². The number of aromatic nitrogens is 2. The van der Waals surface area contributed by atoms with Gasteiger partial charge in [0.2, 0.25) is 0 Å². The minimum absolute atomic E-state index is 0.566. The smallest absolute Gasteiger partial charge is 0.138 e. The van der Waals surface area contributed by atoms with Gasteiger partial charge < -0.3 is 10.7 Å². The fourth-order valence-electron chi connectivity index (χ4n) is 2.13. The van der Waals surface area contributed by atoms with Gasteiger partial charge in [-0.25, -0.2) is 4.98 Å². The monoisotopic (exact) mass is 291 g/mol. The molecule has 0 aliphatic heterocycles. The topological polar surface area (TPSA) is 54.7 Å². The van der Waals surface area contributed by atoms with Crippen molar-refractivity contribution in [2.75, 3.05) is 5.73 Å². The van der Waals surface area contributed by atoms with Crippen molar-refractivity contribution in [2.45, 2.75) is 6.92 Å². The molecule has 0 amide bonds. The van der Waals surface area contributed by atoms with E-state index in [1.165, 1.54) is 0 Å². The lowest BCUT2D eigenvalue weighted by Gasteiger charge is -2.02. The summed E-state index contributed by atoms with van der Waals surface area (Å²) in [5.74, 6) is 0.762. The molecular weight excluding hydrogens is 281 g/mol. The summed E-state index contributed by atoms with van der Waals surface area (Å²) >= 11 is 11.9. The first kappa shape index (κ1) is 12.3. The highest BCUT2D eigenvalue weighted by Crippen LogP contribution is 2.29. The Labute approximate surface area is 120 Å². The Morgan fingerprint density at radius 1 is 1.11 bits per heavy atom. The van der Waals surface area contributed by atoms with Gasteiger partial charge in [-0.3, -0.25) is 0 Å². The van der Waals surface area contributed by atoms with Gasteiger partial charge in [-0.1, -0.05) is 23.2 Å². The van der Waals surface area contributed by atoms with Crippen LogP contribution in [-0.4, -0.2) is 9.97 Å². The quantitative estimate of drug-likeness (QED) is 0.652. The largest absolute Gasteiger partial charge is 0.397 e. The van der Waals surface area contributed by atoms with Gasteiger partial charge in [-0.2, -0.15) is 0 Å². The SMILES string of the molecule is Cc1cc(Cl)ccc1-c1nc2c(N)cc(Cl)cc2[nH]1. The first-order valence-corrected chi connectivity index (χ1v) is 6.51. The fourth-order valence-corrected chi connectivity index (χ4v) is 2.58. The van der Waals surface area contributed by atoms with Crippen molar-refractivity contribution >= 4 is 39.9 Å². The van der Waals surface area contributed by atoms with Gasteiger partial charge in [-0.15, -0.1) is 0 Å². The number of halogens is 2. The second kappa shape index (κ2) is 4.44. The second-order valence-electron chi connectivity index (χ2n) is 4.44. The van der Waals surface area contributed by atoms with Gasteiger partial charge in [0.15, 0.2) is 0 Å². The van der Waals surface area contributed by atoms with Crippen LogP contribution in [-0.2, 0) is 0 Å². The molecule has 1 aromatic heterocycles. The summed E-state index contributed by atoms with van der Waals surface area (Å²) in [5.41, 5.74) is 10.1. The maximum atomic E-state index is 5.99. The van der Waals surface area contributed by atoms with Crippen LogP contribution in [0.1, 0.15) is 5.56 Å². The number of aryl methyl sites for hydroxylation is 1. The number of nitrogens with two attached hydrogens (primary N) is 1. The molecule has 3 N–H and O–H groups in total. The van der Waals surface area contributed by atoms with E-state index in [2.05, 4.69) is 9.97 Å². The van der Waals surface area contributed by atoms with Gasteiger partial charge in [0.1, 0.15) is 11.3 Å². The maximum Gasteiger partial charge on any atom is 0.138 e. The zero-order chi connectivity index (χ0) is 13.6. The maximum absolute atomic E-state index is 5.99. The van der Waals surface area contributed by atoms with Crippen LogP contribution in [0, 0.1) is 6.92 Å². The predicted octanol–water partition coefficient (Wildman–Crippen LogP) is 4.43. The predicted molar refractivity (Wildman–Crippen MR) is 80.7 cm³/mol. The molecular formula is C14H11Cl2N3. The Balaban J connectivity index is 2.23. The molecule has 0 aliphatic rings. The van der Waals surface area contributed by atoms with Crippen LogP contribution in [0.5, 0.6) is 0 Å². The molecule has 3 aromatic rings. The number of nitrogen functional groups attached to an aromatic ring is 1. The Bertz CT molecular complexity index is 778. The number of H-pyrrole nitrogens is 1. The van der Waals surface area contributed by atoms with Gasteiger partial charge in [0, 0.05) is 15.6 Å². The van der Waals surface area contributed by atoms with E-state index in [0.29, 0.717) is 15.7 Å². The number of hydrogen-bond acceptors (Lipinski definition) is 2. The van der Waals surface area contributed by atoms with Gasteiger partial charge in [-0.05, 0) is 42.8 Å². The van der Waals surface area contributed by atoms with Crippen LogP contribution >= 0.6 is 23.2 Å². The lowest BCUT2D eigenvalue weighted by Crippen LogP contribution is -1.87. The van der Waals surface area contributed by atoms with Gasteiger partial charge in [0.25, 0.3) is 0 Å². The Morgan fingerprint density at radius 2 is 1.89 bits per heavy atom. The molecule has 0 unspecified atom stereocenters. The van der Waals surface area contributed by atoms with E-state index in [1.54, 1.807) is 6.07 Å². The molecule has 3 rings (SSSR count). The van der Waals surface area contributed by atoms with Crippen molar-refractivity contribution in [3.63, 3.8) is 0 Å². The molecule has 0 saturated heterocycles. The third kappa shape index (κ3) is 2.15. The Morgan fingerprint density at radius 3 is 2.63 bits per heavy atom. The zero-order valence-electron chi connectivity index (χ0n) is 10.2. The summed E-state index contributed by atoms with van der Waals surface area (Å²) in [4.78, 5) is 7.77. The summed E-state index contributed by atoms with van der Waals surface area (Å²) in [6.45, 7) is 1.99. The van der Waals surface area contributed by atoms with E-state index in [0.717, 1.165) is 28.0 Å². The number of anilines is 1. The van der Waals surface area contributed by atoms with Crippen LogP contribution in [0.15, 0.2) is 30.3 Å². The molecule has 5 heteroatoms. The third-order valence-electron chi connectivity index (χ3n) is 3.02. The lowest BCUT2D eigenvalue weighted by molar-refractivity contribution is 1.31. The Hall–Kier alpha value is -1.71. The van der Waals surface area contributed by atoms with E-state index >= 15 is 0 Å². The van der Waals surface area contributed by atoms with Crippen molar-refractivity contribution in [3.05, 3.63) is 45.9 Å². The van der Waals surface area contributed by atoms with Crippen molar-refractivity contribution in [3.8, 4) is 11.4 Å². The molecule has 3 nitrogen and oxygen atoms in total. The van der Waals surface area contributed by atoms with E-state index in [9.17, 15) is 0 Å². The second-order valence-corrected chi connectivity index (χ2v) is 5.31. The average molecular weight is 292 g/mol. The molecule has 19 heavy (non-hydrogen) atoms. The molecule has 96 valence electrons.